The van der Waals surface area contributed by atoms with E-state index < -0.39 is 0 Å². The van der Waals surface area contributed by atoms with Crippen LogP contribution in [0.1, 0.15) is 11.1 Å². The van der Waals surface area contributed by atoms with Gasteiger partial charge in [0.05, 0.1) is 6.04 Å². The van der Waals surface area contributed by atoms with Crippen LogP contribution in [0, 0.1) is 0 Å². The zero-order chi connectivity index (χ0) is 12.4. The monoisotopic (exact) mass is 262 g/mol. The van der Waals surface area contributed by atoms with Gasteiger partial charge in [-0.05, 0) is 17.5 Å². The van der Waals surface area contributed by atoms with Gasteiger partial charge in [-0.15, -0.1) is 0 Å². The summed E-state index contributed by atoms with van der Waals surface area (Å²) in [5, 5.41) is 3.37. The number of hydrogen-bond acceptors (Lipinski definition) is 3. The molecule has 1 saturated heterocycles. The second-order valence-electron chi connectivity index (χ2n) is 4.84. The Kier molecular flexibility index (Phi) is 3.57. The van der Waals surface area contributed by atoms with Crippen LogP contribution in [0.4, 0.5) is 0 Å². The number of amides is 1. The summed E-state index contributed by atoms with van der Waals surface area (Å²) in [5.41, 5.74) is 2.65. The number of nitrogens with one attached hydrogen (secondary N) is 1. The van der Waals surface area contributed by atoms with Gasteiger partial charge >= 0.3 is 0 Å². The molecule has 96 valence electrons. The van der Waals surface area contributed by atoms with Gasteiger partial charge in [0.1, 0.15) is 0 Å². The first-order valence-corrected chi connectivity index (χ1v) is 7.67. The first kappa shape index (κ1) is 12.1. The number of fused-ring (bicyclic) bond motifs is 1. The van der Waals surface area contributed by atoms with Crippen molar-refractivity contribution in [2.24, 2.45) is 0 Å². The molecule has 0 spiro atoms. The highest BCUT2D eigenvalue weighted by Crippen LogP contribution is 2.18. The van der Waals surface area contributed by atoms with Crippen molar-refractivity contribution in [1.29, 1.82) is 0 Å². The van der Waals surface area contributed by atoms with E-state index in [2.05, 4.69) is 29.6 Å². The minimum absolute atomic E-state index is 0.0250. The van der Waals surface area contributed by atoms with E-state index in [1.54, 1.807) is 0 Å². The fourth-order valence-corrected chi connectivity index (χ4v) is 3.54. The van der Waals surface area contributed by atoms with E-state index in [-0.39, 0.29) is 11.9 Å². The average molecular weight is 262 g/mol. The van der Waals surface area contributed by atoms with Crippen molar-refractivity contribution in [2.45, 2.75) is 19.0 Å². The number of carbonyl (C=O) groups excluding carboxylic acids is 1. The third kappa shape index (κ3) is 2.40. The van der Waals surface area contributed by atoms with E-state index in [4.69, 9.17) is 0 Å². The number of rotatable bonds is 1. The van der Waals surface area contributed by atoms with Crippen LogP contribution in [-0.2, 0) is 17.8 Å². The highest BCUT2D eigenvalue weighted by Gasteiger charge is 2.28. The third-order valence-electron chi connectivity index (χ3n) is 3.70. The first-order chi connectivity index (χ1) is 8.84. The van der Waals surface area contributed by atoms with Crippen LogP contribution in [0.3, 0.4) is 0 Å². The maximum atomic E-state index is 12.4. The molecule has 0 bridgehead atoms. The van der Waals surface area contributed by atoms with Gasteiger partial charge in [0.2, 0.25) is 5.91 Å². The lowest BCUT2D eigenvalue weighted by Crippen LogP contribution is -2.51. The van der Waals surface area contributed by atoms with Gasteiger partial charge in [0.15, 0.2) is 0 Å². The zero-order valence-corrected chi connectivity index (χ0v) is 11.2. The maximum Gasteiger partial charge on any atom is 0.240 e. The zero-order valence-electron chi connectivity index (χ0n) is 10.4. The summed E-state index contributed by atoms with van der Waals surface area (Å²) >= 11 is 1.94. The Labute approximate surface area is 112 Å². The molecular weight excluding hydrogens is 244 g/mol. The molecule has 2 aliphatic heterocycles. The molecule has 4 heteroatoms. The fourth-order valence-electron chi connectivity index (χ4n) is 2.63. The summed E-state index contributed by atoms with van der Waals surface area (Å²) in [7, 11) is 0. The van der Waals surface area contributed by atoms with Crippen molar-refractivity contribution in [3.8, 4) is 0 Å². The standard InChI is InChI=1S/C14H18N2OS/c17-14(16-5-7-18-8-6-16)13-9-11-3-1-2-4-12(11)10-15-13/h1-4,13,15H,5-10H2/t13-/m0/s1. The Morgan fingerprint density at radius 3 is 2.72 bits per heavy atom. The Balaban J connectivity index is 1.69. The number of carbonyl (C=O) groups is 1. The molecule has 3 rings (SSSR count). The van der Waals surface area contributed by atoms with E-state index in [9.17, 15) is 4.79 Å². The normalized spacial score (nSPS) is 23.6. The summed E-state index contributed by atoms with van der Waals surface area (Å²) in [4.78, 5) is 14.4. The Bertz CT molecular complexity index is 443. The van der Waals surface area contributed by atoms with Crippen molar-refractivity contribution in [3.63, 3.8) is 0 Å². The lowest BCUT2D eigenvalue weighted by atomic mass is 9.95. The van der Waals surface area contributed by atoms with Crippen molar-refractivity contribution in [1.82, 2.24) is 10.2 Å². The van der Waals surface area contributed by atoms with E-state index >= 15 is 0 Å². The Morgan fingerprint density at radius 2 is 1.94 bits per heavy atom. The van der Waals surface area contributed by atoms with Crippen LogP contribution in [0.15, 0.2) is 24.3 Å². The van der Waals surface area contributed by atoms with Crippen molar-refractivity contribution >= 4 is 17.7 Å². The molecule has 0 unspecified atom stereocenters. The van der Waals surface area contributed by atoms with Crippen molar-refractivity contribution < 1.29 is 4.79 Å². The minimum Gasteiger partial charge on any atom is -0.340 e. The average Bonchev–Trinajstić information content (AvgIpc) is 2.47. The fraction of sp³-hybridized carbons (Fsp3) is 0.500. The molecule has 0 aromatic heterocycles. The van der Waals surface area contributed by atoms with Gasteiger partial charge in [-0.25, -0.2) is 0 Å². The topological polar surface area (TPSA) is 32.3 Å². The number of benzene rings is 1. The van der Waals surface area contributed by atoms with Gasteiger partial charge in [0.25, 0.3) is 0 Å². The first-order valence-electron chi connectivity index (χ1n) is 6.51. The largest absolute Gasteiger partial charge is 0.340 e. The van der Waals surface area contributed by atoms with Crippen LogP contribution < -0.4 is 5.32 Å². The SMILES string of the molecule is O=C([C@@H]1Cc2ccccc2CN1)N1CCSCC1. The molecule has 1 aromatic carbocycles. The molecule has 0 saturated carbocycles. The van der Waals surface area contributed by atoms with Crippen LogP contribution >= 0.6 is 11.8 Å². The van der Waals surface area contributed by atoms with Crippen molar-refractivity contribution in [3.05, 3.63) is 35.4 Å². The second-order valence-corrected chi connectivity index (χ2v) is 6.07. The predicted octanol–water partition coefficient (Wildman–Crippen LogP) is 1.28. The molecule has 2 aliphatic rings. The smallest absolute Gasteiger partial charge is 0.240 e. The summed E-state index contributed by atoms with van der Waals surface area (Å²) in [5.74, 6) is 2.44. The maximum absolute atomic E-state index is 12.4. The van der Waals surface area contributed by atoms with Crippen LogP contribution in [-0.4, -0.2) is 41.4 Å². The third-order valence-corrected chi connectivity index (χ3v) is 4.64. The number of nitrogens with zero attached hydrogens (tertiary/aromatic N) is 1. The van der Waals surface area contributed by atoms with E-state index in [0.29, 0.717) is 0 Å². The van der Waals surface area contributed by atoms with Gasteiger partial charge in [-0.2, -0.15) is 11.8 Å². The van der Waals surface area contributed by atoms with Crippen LogP contribution in [0.5, 0.6) is 0 Å². The lowest BCUT2D eigenvalue weighted by molar-refractivity contribution is -0.133. The van der Waals surface area contributed by atoms with E-state index in [1.807, 2.05) is 16.7 Å². The van der Waals surface area contributed by atoms with E-state index in [0.717, 1.165) is 37.6 Å². The van der Waals surface area contributed by atoms with Crippen molar-refractivity contribution in [2.75, 3.05) is 24.6 Å². The molecule has 1 amide bonds. The van der Waals surface area contributed by atoms with Gasteiger partial charge in [0, 0.05) is 31.1 Å². The summed E-state index contributed by atoms with van der Waals surface area (Å²) < 4.78 is 0. The molecular formula is C14H18N2OS. The summed E-state index contributed by atoms with van der Waals surface area (Å²) in [6, 6.07) is 8.37. The molecule has 2 heterocycles. The minimum atomic E-state index is -0.0250. The summed E-state index contributed by atoms with van der Waals surface area (Å²) in [6.45, 7) is 2.63. The molecule has 1 N–H and O–H groups in total. The molecule has 0 aliphatic carbocycles. The quantitative estimate of drug-likeness (QED) is 0.827. The molecule has 3 nitrogen and oxygen atoms in total. The number of thioether (sulfide) groups is 1. The highest BCUT2D eigenvalue weighted by molar-refractivity contribution is 7.99. The second kappa shape index (κ2) is 5.33. The Hall–Kier alpha value is -1.00. The molecule has 0 radical (unpaired) electrons. The Morgan fingerprint density at radius 1 is 1.22 bits per heavy atom. The van der Waals surface area contributed by atoms with Crippen LogP contribution in [0.25, 0.3) is 0 Å². The molecule has 1 aromatic rings. The molecule has 1 atom stereocenters. The van der Waals surface area contributed by atoms with Gasteiger partial charge < -0.3 is 10.2 Å². The van der Waals surface area contributed by atoms with Crippen LogP contribution in [0.2, 0.25) is 0 Å². The predicted molar refractivity (Wildman–Crippen MR) is 74.7 cm³/mol. The van der Waals surface area contributed by atoms with E-state index in [1.165, 1.54) is 11.1 Å². The lowest BCUT2D eigenvalue weighted by Gasteiger charge is -2.33. The molecule has 18 heavy (non-hydrogen) atoms. The summed E-state index contributed by atoms with van der Waals surface area (Å²) in [6.07, 6.45) is 0.832. The number of hydrogen-bond donors (Lipinski definition) is 1. The highest BCUT2D eigenvalue weighted by atomic mass is 32.2. The molecule has 1 fully saturated rings. The van der Waals surface area contributed by atoms with Gasteiger partial charge in [-0.1, -0.05) is 24.3 Å². The van der Waals surface area contributed by atoms with Gasteiger partial charge in [-0.3, -0.25) is 4.79 Å².